The molecule has 31 heavy (non-hydrogen) atoms. The Labute approximate surface area is 181 Å². The highest BCUT2D eigenvalue weighted by molar-refractivity contribution is 5.91. The summed E-state index contributed by atoms with van der Waals surface area (Å²) >= 11 is 0. The maximum Gasteiger partial charge on any atom is 0.289 e. The molecule has 0 N–H and O–H groups in total. The number of rotatable bonds is 9. The highest BCUT2D eigenvalue weighted by Crippen LogP contribution is 2.34. The first-order valence-corrected chi connectivity index (χ1v) is 10.3. The van der Waals surface area contributed by atoms with Gasteiger partial charge in [-0.25, -0.2) is 0 Å². The molecule has 4 rings (SSSR count). The molecule has 0 aliphatic heterocycles. The van der Waals surface area contributed by atoms with Crippen LogP contribution in [-0.4, -0.2) is 24.5 Å². The van der Waals surface area contributed by atoms with Gasteiger partial charge < -0.3 is 18.5 Å². The normalized spacial score (nSPS) is 11.8. The second-order valence-electron chi connectivity index (χ2n) is 7.28. The van der Waals surface area contributed by atoms with Crippen LogP contribution in [0.3, 0.4) is 0 Å². The van der Waals surface area contributed by atoms with Gasteiger partial charge in [-0.2, -0.15) is 0 Å². The van der Waals surface area contributed by atoms with Crippen LogP contribution in [0.1, 0.15) is 39.8 Å². The summed E-state index contributed by atoms with van der Waals surface area (Å²) in [5.41, 5.74) is 2.27. The van der Waals surface area contributed by atoms with Crippen LogP contribution in [-0.2, 0) is 6.54 Å². The Morgan fingerprint density at radius 3 is 2.35 bits per heavy atom. The molecule has 0 radical (unpaired) electrons. The average molecular weight is 415 g/mol. The predicted molar refractivity (Wildman–Crippen MR) is 118 cm³/mol. The van der Waals surface area contributed by atoms with Crippen molar-refractivity contribution in [1.82, 2.24) is 4.90 Å². The summed E-state index contributed by atoms with van der Waals surface area (Å²) in [6, 6.07) is 25.4. The van der Waals surface area contributed by atoms with Crippen molar-refractivity contribution in [2.24, 2.45) is 0 Å². The zero-order valence-corrected chi connectivity index (χ0v) is 17.4. The van der Waals surface area contributed by atoms with Crippen LogP contribution < -0.4 is 4.74 Å². The summed E-state index contributed by atoms with van der Waals surface area (Å²) in [6.07, 6.45) is 3.85. The highest BCUT2D eigenvalue weighted by Gasteiger charge is 2.24. The van der Waals surface area contributed by atoms with E-state index in [-0.39, 0.29) is 11.8 Å². The van der Waals surface area contributed by atoms with Crippen LogP contribution in [0.5, 0.6) is 5.75 Å². The van der Waals surface area contributed by atoms with Crippen molar-refractivity contribution >= 4 is 5.91 Å². The van der Waals surface area contributed by atoms with Gasteiger partial charge in [0.2, 0.25) is 0 Å². The fraction of sp³-hybridized carbons (Fsp3) is 0.192. The Morgan fingerprint density at radius 1 is 0.903 bits per heavy atom. The number of methoxy groups -OCH3 is 1. The van der Waals surface area contributed by atoms with Gasteiger partial charge in [0.25, 0.3) is 5.91 Å². The molecule has 4 aromatic rings. The molecule has 2 heterocycles. The van der Waals surface area contributed by atoms with Gasteiger partial charge in [0.15, 0.2) is 5.76 Å². The van der Waals surface area contributed by atoms with Crippen LogP contribution in [0.15, 0.2) is 100 Å². The van der Waals surface area contributed by atoms with E-state index in [2.05, 4.69) is 18.2 Å². The van der Waals surface area contributed by atoms with E-state index in [1.807, 2.05) is 48.5 Å². The quantitative estimate of drug-likeness (QED) is 0.349. The number of nitrogens with zero attached hydrogens (tertiary/aromatic N) is 1. The Kier molecular flexibility index (Phi) is 6.53. The first kappa shape index (κ1) is 20.5. The van der Waals surface area contributed by atoms with Crippen molar-refractivity contribution in [2.75, 3.05) is 13.7 Å². The van der Waals surface area contributed by atoms with Crippen molar-refractivity contribution < 1.29 is 18.4 Å². The van der Waals surface area contributed by atoms with Crippen molar-refractivity contribution in [3.8, 4) is 5.75 Å². The minimum atomic E-state index is -0.159. The first-order chi connectivity index (χ1) is 15.3. The van der Waals surface area contributed by atoms with E-state index >= 15 is 0 Å². The Hall–Kier alpha value is -3.73. The summed E-state index contributed by atoms with van der Waals surface area (Å²) < 4.78 is 16.5. The Balaban J connectivity index is 1.62. The van der Waals surface area contributed by atoms with Gasteiger partial charge in [-0.15, -0.1) is 0 Å². The maximum absolute atomic E-state index is 13.1. The van der Waals surface area contributed by atoms with E-state index in [1.165, 1.54) is 11.8 Å². The lowest BCUT2D eigenvalue weighted by molar-refractivity contribution is 0.0695. The largest absolute Gasteiger partial charge is 0.496 e. The van der Waals surface area contributed by atoms with Crippen molar-refractivity contribution in [3.63, 3.8) is 0 Å². The molecule has 1 atom stereocenters. The van der Waals surface area contributed by atoms with Crippen molar-refractivity contribution in [1.29, 1.82) is 0 Å². The van der Waals surface area contributed by atoms with E-state index in [0.29, 0.717) is 18.8 Å². The summed E-state index contributed by atoms with van der Waals surface area (Å²) in [5, 5.41) is 0. The molecular formula is C26H25NO4. The molecule has 5 heteroatoms. The van der Waals surface area contributed by atoms with Crippen molar-refractivity contribution in [2.45, 2.75) is 18.9 Å². The minimum Gasteiger partial charge on any atom is -0.496 e. The molecule has 158 valence electrons. The lowest BCUT2D eigenvalue weighted by atomic mass is 9.87. The number of para-hydroxylation sites is 1. The molecule has 0 saturated heterocycles. The van der Waals surface area contributed by atoms with Gasteiger partial charge in [0, 0.05) is 18.0 Å². The molecule has 0 aliphatic rings. The molecule has 2 aromatic carbocycles. The Bertz CT molecular complexity index is 1070. The molecule has 1 amide bonds. The van der Waals surface area contributed by atoms with Gasteiger partial charge in [-0.1, -0.05) is 48.5 Å². The number of amides is 1. The van der Waals surface area contributed by atoms with Gasteiger partial charge in [-0.3, -0.25) is 4.79 Å². The standard InChI is InChI=1S/C26H25NO4/c1-29-24-13-6-5-12-23(24)22(20-9-3-2-4-10-20)15-16-27(19-21-11-7-17-30-21)26(28)25-14-8-18-31-25/h2-14,17-18,22H,15-16,19H2,1H3/t22-/m1/s1. The smallest absolute Gasteiger partial charge is 0.289 e. The van der Waals surface area contributed by atoms with E-state index in [1.54, 1.807) is 30.4 Å². The molecule has 0 unspecified atom stereocenters. The fourth-order valence-electron chi connectivity index (χ4n) is 3.83. The zero-order valence-electron chi connectivity index (χ0n) is 17.4. The molecule has 0 spiro atoms. The Morgan fingerprint density at radius 2 is 1.65 bits per heavy atom. The molecule has 0 saturated carbocycles. The monoisotopic (exact) mass is 415 g/mol. The number of carbonyl (C=O) groups excluding carboxylic acids is 1. The number of ether oxygens (including phenoxy) is 1. The first-order valence-electron chi connectivity index (χ1n) is 10.3. The van der Waals surface area contributed by atoms with Crippen molar-refractivity contribution in [3.05, 3.63) is 114 Å². The highest BCUT2D eigenvalue weighted by atomic mass is 16.5. The molecule has 0 bridgehead atoms. The lowest BCUT2D eigenvalue weighted by Crippen LogP contribution is -2.32. The fourth-order valence-corrected chi connectivity index (χ4v) is 3.83. The summed E-state index contributed by atoms with van der Waals surface area (Å²) in [6.45, 7) is 0.901. The third-order valence-corrected chi connectivity index (χ3v) is 5.35. The van der Waals surface area contributed by atoms with E-state index in [9.17, 15) is 4.79 Å². The molecule has 5 nitrogen and oxygen atoms in total. The van der Waals surface area contributed by atoms with Crippen LogP contribution >= 0.6 is 0 Å². The predicted octanol–water partition coefficient (Wildman–Crippen LogP) is 5.75. The maximum atomic E-state index is 13.1. The zero-order chi connectivity index (χ0) is 21.5. The minimum absolute atomic E-state index is 0.0702. The van der Waals surface area contributed by atoms with E-state index < -0.39 is 0 Å². The van der Waals surface area contributed by atoms with Gasteiger partial charge in [0.1, 0.15) is 11.5 Å². The lowest BCUT2D eigenvalue weighted by Gasteiger charge is -2.25. The number of hydrogen-bond acceptors (Lipinski definition) is 4. The van der Waals surface area contributed by atoms with E-state index in [0.717, 1.165) is 23.5 Å². The topological polar surface area (TPSA) is 55.8 Å². The van der Waals surface area contributed by atoms with Gasteiger partial charge in [0.05, 0.1) is 26.2 Å². The second kappa shape index (κ2) is 9.85. The molecule has 0 aliphatic carbocycles. The third-order valence-electron chi connectivity index (χ3n) is 5.35. The van der Waals surface area contributed by atoms with E-state index in [4.69, 9.17) is 13.6 Å². The van der Waals surface area contributed by atoms with Crippen LogP contribution in [0.4, 0.5) is 0 Å². The second-order valence-corrected chi connectivity index (χ2v) is 7.28. The summed E-state index contributed by atoms with van der Waals surface area (Å²) in [7, 11) is 1.69. The summed E-state index contributed by atoms with van der Waals surface area (Å²) in [5.74, 6) is 1.80. The summed E-state index contributed by atoms with van der Waals surface area (Å²) in [4.78, 5) is 14.9. The van der Waals surface area contributed by atoms with Crippen LogP contribution in [0.25, 0.3) is 0 Å². The van der Waals surface area contributed by atoms with Gasteiger partial charge >= 0.3 is 0 Å². The molecular weight excluding hydrogens is 390 g/mol. The molecule has 2 aromatic heterocycles. The van der Waals surface area contributed by atoms with Crippen LogP contribution in [0, 0.1) is 0 Å². The van der Waals surface area contributed by atoms with Gasteiger partial charge in [-0.05, 0) is 42.3 Å². The third kappa shape index (κ3) is 4.89. The van der Waals surface area contributed by atoms with Crippen LogP contribution in [0.2, 0.25) is 0 Å². The SMILES string of the molecule is COc1ccccc1[C@H](CCN(Cc1ccco1)C(=O)c1ccco1)c1ccccc1. The molecule has 0 fully saturated rings. The number of furan rings is 2. The average Bonchev–Trinajstić information content (AvgIpc) is 3.53. The number of carbonyl (C=O) groups is 1. The number of benzene rings is 2. The number of hydrogen-bond donors (Lipinski definition) is 0.